The summed E-state index contributed by atoms with van der Waals surface area (Å²) in [5.41, 5.74) is 3.54. The number of aromatic nitrogens is 2. The Balaban J connectivity index is 1.74. The molecule has 0 saturated heterocycles. The lowest BCUT2D eigenvalue weighted by atomic mass is 10.1. The van der Waals surface area contributed by atoms with Gasteiger partial charge in [0.25, 0.3) is 5.91 Å². The SMILES string of the molecule is Cc1cccc(N(Cc2ccccc2)C(=O)COC(=O)c2cnc(C)cn2)c1. The summed E-state index contributed by atoms with van der Waals surface area (Å²) in [6, 6.07) is 17.3. The van der Waals surface area contributed by atoms with E-state index in [0.29, 0.717) is 12.2 Å². The molecule has 0 saturated carbocycles. The Labute approximate surface area is 163 Å². The summed E-state index contributed by atoms with van der Waals surface area (Å²) in [4.78, 5) is 34.6. The fraction of sp³-hybridized carbons (Fsp3) is 0.182. The molecule has 0 aliphatic heterocycles. The van der Waals surface area contributed by atoms with Crippen molar-refractivity contribution >= 4 is 17.6 Å². The van der Waals surface area contributed by atoms with Crippen LogP contribution in [0.4, 0.5) is 5.69 Å². The van der Waals surface area contributed by atoms with Gasteiger partial charge < -0.3 is 9.64 Å². The number of ether oxygens (including phenoxy) is 1. The van der Waals surface area contributed by atoms with Crippen LogP contribution < -0.4 is 4.90 Å². The number of amides is 1. The van der Waals surface area contributed by atoms with E-state index in [0.717, 1.165) is 16.8 Å². The molecule has 6 nitrogen and oxygen atoms in total. The van der Waals surface area contributed by atoms with E-state index in [1.165, 1.54) is 12.4 Å². The predicted octanol–water partition coefficient (Wildman–Crippen LogP) is 3.48. The van der Waals surface area contributed by atoms with Crippen LogP contribution in [0.5, 0.6) is 0 Å². The molecule has 3 rings (SSSR count). The van der Waals surface area contributed by atoms with E-state index in [1.54, 1.807) is 11.8 Å². The highest BCUT2D eigenvalue weighted by Gasteiger charge is 2.19. The topological polar surface area (TPSA) is 72.4 Å². The molecular weight excluding hydrogens is 354 g/mol. The van der Waals surface area contributed by atoms with Crippen LogP contribution in [0.1, 0.15) is 27.3 Å². The van der Waals surface area contributed by atoms with Gasteiger partial charge in [-0.25, -0.2) is 9.78 Å². The van der Waals surface area contributed by atoms with Crippen molar-refractivity contribution in [2.75, 3.05) is 11.5 Å². The standard InChI is InChI=1S/C22H21N3O3/c1-16-7-6-10-19(11-16)25(14-18-8-4-3-5-9-18)21(26)15-28-22(27)20-13-23-17(2)12-24-20/h3-13H,14-15H2,1-2H3. The van der Waals surface area contributed by atoms with Crippen LogP contribution in [0.25, 0.3) is 0 Å². The maximum Gasteiger partial charge on any atom is 0.359 e. The van der Waals surface area contributed by atoms with E-state index in [1.807, 2.05) is 61.5 Å². The zero-order valence-electron chi connectivity index (χ0n) is 15.8. The number of hydrogen-bond acceptors (Lipinski definition) is 5. The zero-order chi connectivity index (χ0) is 19.9. The molecule has 1 aromatic heterocycles. The van der Waals surface area contributed by atoms with Gasteiger partial charge in [0.2, 0.25) is 0 Å². The number of esters is 1. The van der Waals surface area contributed by atoms with Gasteiger partial charge in [0, 0.05) is 11.9 Å². The lowest BCUT2D eigenvalue weighted by Crippen LogP contribution is -2.34. The summed E-state index contributed by atoms with van der Waals surface area (Å²) in [5, 5.41) is 0. The first kappa shape index (κ1) is 19.2. The second-order valence-corrected chi connectivity index (χ2v) is 6.42. The average molecular weight is 375 g/mol. The quantitative estimate of drug-likeness (QED) is 0.617. The molecule has 2 aromatic carbocycles. The summed E-state index contributed by atoms with van der Waals surface area (Å²) in [6.07, 6.45) is 2.82. The first-order chi connectivity index (χ1) is 13.5. The summed E-state index contributed by atoms with van der Waals surface area (Å²) in [7, 11) is 0. The Hall–Kier alpha value is -3.54. The second kappa shape index (κ2) is 8.90. The van der Waals surface area contributed by atoms with E-state index in [9.17, 15) is 9.59 Å². The summed E-state index contributed by atoms with van der Waals surface area (Å²) in [5.74, 6) is -0.993. The van der Waals surface area contributed by atoms with Crippen molar-refractivity contribution in [2.45, 2.75) is 20.4 Å². The number of aryl methyl sites for hydroxylation is 2. The highest BCUT2D eigenvalue weighted by atomic mass is 16.5. The number of benzene rings is 2. The van der Waals surface area contributed by atoms with E-state index >= 15 is 0 Å². The van der Waals surface area contributed by atoms with Gasteiger partial charge in [-0.05, 0) is 37.1 Å². The van der Waals surface area contributed by atoms with Gasteiger partial charge in [-0.3, -0.25) is 9.78 Å². The highest BCUT2D eigenvalue weighted by Crippen LogP contribution is 2.19. The van der Waals surface area contributed by atoms with Crippen molar-refractivity contribution in [1.82, 2.24) is 9.97 Å². The molecule has 142 valence electrons. The smallest absolute Gasteiger partial charge is 0.359 e. The van der Waals surface area contributed by atoms with Crippen LogP contribution in [0, 0.1) is 13.8 Å². The molecule has 0 radical (unpaired) electrons. The first-order valence-corrected chi connectivity index (χ1v) is 8.89. The van der Waals surface area contributed by atoms with Gasteiger partial charge in [-0.2, -0.15) is 0 Å². The maximum atomic E-state index is 12.9. The summed E-state index contributed by atoms with van der Waals surface area (Å²) in [6.45, 7) is 3.74. The third kappa shape index (κ3) is 5.01. The number of nitrogens with zero attached hydrogens (tertiary/aromatic N) is 3. The van der Waals surface area contributed by atoms with Gasteiger partial charge in [-0.15, -0.1) is 0 Å². The minimum atomic E-state index is -0.676. The fourth-order valence-corrected chi connectivity index (χ4v) is 2.66. The Morgan fingerprint density at radius 3 is 2.43 bits per heavy atom. The van der Waals surface area contributed by atoms with Crippen LogP contribution in [0.15, 0.2) is 67.0 Å². The van der Waals surface area contributed by atoms with E-state index in [2.05, 4.69) is 9.97 Å². The van der Waals surface area contributed by atoms with Crippen LogP contribution in [0.3, 0.4) is 0 Å². The molecule has 0 fully saturated rings. The minimum absolute atomic E-state index is 0.0727. The van der Waals surface area contributed by atoms with Crippen LogP contribution >= 0.6 is 0 Å². The molecule has 0 unspecified atom stereocenters. The Morgan fingerprint density at radius 2 is 1.75 bits per heavy atom. The molecule has 0 aliphatic rings. The normalized spacial score (nSPS) is 10.4. The lowest BCUT2D eigenvalue weighted by molar-refractivity contribution is -0.121. The van der Waals surface area contributed by atoms with Crippen molar-refractivity contribution < 1.29 is 14.3 Å². The molecular formula is C22H21N3O3. The van der Waals surface area contributed by atoms with E-state index in [4.69, 9.17) is 4.74 Å². The number of carbonyl (C=O) groups excluding carboxylic acids is 2. The van der Waals surface area contributed by atoms with Crippen molar-refractivity contribution in [3.05, 3.63) is 89.5 Å². The van der Waals surface area contributed by atoms with Gasteiger partial charge in [0.15, 0.2) is 12.3 Å². The van der Waals surface area contributed by atoms with Gasteiger partial charge in [0.1, 0.15) is 0 Å². The molecule has 6 heteroatoms. The van der Waals surface area contributed by atoms with Crippen LogP contribution in [-0.4, -0.2) is 28.5 Å². The van der Waals surface area contributed by atoms with Gasteiger partial charge in [-0.1, -0.05) is 42.5 Å². The molecule has 0 N–H and O–H groups in total. The van der Waals surface area contributed by atoms with Crippen molar-refractivity contribution in [1.29, 1.82) is 0 Å². The zero-order valence-corrected chi connectivity index (χ0v) is 15.8. The van der Waals surface area contributed by atoms with Gasteiger partial charge in [0.05, 0.1) is 18.4 Å². The molecule has 0 atom stereocenters. The summed E-state index contributed by atoms with van der Waals surface area (Å²) >= 11 is 0. The first-order valence-electron chi connectivity index (χ1n) is 8.89. The molecule has 1 heterocycles. The van der Waals surface area contributed by atoms with E-state index in [-0.39, 0.29) is 18.2 Å². The predicted molar refractivity (Wildman–Crippen MR) is 106 cm³/mol. The van der Waals surface area contributed by atoms with Crippen molar-refractivity contribution in [2.24, 2.45) is 0 Å². The Morgan fingerprint density at radius 1 is 0.964 bits per heavy atom. The molecule has 0 aliphatic carbocycles. The molecule has 0 bridgehead atoms. The maximum absolute atomic E-state index is 12.9. The van der Waals surface area contributed by atoms with Gasteiger partial charge >= 0.3 is 5.97 Å². The number of carbonyl (C=O) groups is 2. The van der Waals surface area contributed by atoms with Crippen LogP contribution in [-0.2, 0) is 16.1 Å². The number of hydrogen-bond donors (Lipinski definition) is 0. The molecule has 3 aromatic rings. The minimum Gasteiger partial charge on any atom is -0.451 e. The van der Waals surface area contributed by atoms with E-state index < -0.39 is 5.97 Å². The molecule has 0 spiro atoms. The third-order valence-electron chi connectivity index (χ3n) is 4.11. The number of anilines is 1. The van der Waals surface area contributed by atoms with Crippen molar-refractivity contribution in [3.8, 4) is 0 Å². The average Bonchev–Trinajstić information content (AvgIpc) is 2.71. The monoisotopic (exact) mass is 375 g/mol. The second-order valence-electron chi connectivity index (χ2n) is 6.42. The molecule has 28 heavy (non-hydrogen) atoms. The fourth-order valence-electron chi connectivity index (χ4n) is 2.66. The Bertz CT molecular complexity index is 956. The number of rotatable bonds is 6. The largest absolute Gasteiger partial charge is 0.451 e. The van der Waals surface area contributed by atoms with Crippen molar-refractivity contribution in [3.63, 3.8) is 0 Å². The third-order valence-corrected chi connectivity index (χ3v) is 4.11. The Kier molecular flexibility index (Phi) is 6.11. The van der Waals surface area contributed by atoms with Crippen LogP contribution in [0.2, 0.25) is 0 Å². The summed E-state index contributed by atoms with van der Waals surface area (Å²) < 4.78 is 5.17. The lowest BCUT2D eigenvalue weighted by Gasteiger charge is -2.23. The highest BCUT2D eigenvalue weighted by molar-refractivity contribution is 5.96. The molecule has 1 amide bonds.